The van der Waals surface area contributed by atoms with Crippen molar-refractivity contribution in [3.05, 3.63) is 59.7 Å². The molecule has 1 aliphatic heterocycles. The quantitative estimate of drug-likeness (QED) is 0.487. The highest BCUT2D eigenvalue weighted by Gasteiger charge is 2.16. The van der Waals surface area contributed by atoms with Crippen molar-refractivity contribution < 1.29 is 23.8 Å². The molecule has 0 aromatic heterocycles. The maximum absolute atomic E-state index is 12.0. The van der Waals surface area contributed by atoms with E-state index in [4.69, 9.17) is 14.2 Å². The first-order valence-electron chi connectivity index (χ1n) is 9.72. The average Bonchev–Trinajstić information content (AvgIpc) is 3.31. The Morgan fingerprint density at radius 3 is 2.53 bits per heavy atom. The van der Waals surface area contributed by atoms with E-state index in [0.717, 1.165) is 25.0 Å². The van der Waals surface area contributed by atoms with Crippen molar-refractivity contribution in [1.29, 1.82) is 0 Å². The second kappa shape index (κ2) is 11.0. The number of hydrogen-bond donors (Lipinski definition) is 2. The predicted octanol–water partition coefficient (Wildman–Crippen LogP) is 2.13. The Hall–Kier alpha value is -3.39. The van der Waals surface area contributed by atoms with Crippen LogP contribution in [-0.4, -0.2) is 51.0 Å². The molecular weight excluding hydrogens is 386 g/mol. The number of nitrogens with one attached hydrogen (secondary N) is 2. The lowest BCUT2D eigenvalue weighted by Crippen LogP contribution is -2.35. The molecule has 8 heteroatoms. The van der Waals surface area contributed by atoms with Gasteiger partial charge in [-0.1, -0.05) is 0 Å². The number of methoxy groups -OCH3 is 1. The normalized spacial score (nSPS) is 15.7. The molecule has 0 saturated carbocycles. The Bertz CT molecular complexity index is 859. The lowest BCUT2D eigenvalue weighted by Gasteiger charge is -2.11. The van der Waals surface area contributed by atoms with E-state index in [2.05, 4.69) is 15.8 Å². The van der Waals surface area contributed by atoms with Crippen LogP contribution in [0.5, 0.6) is 11.5 Å². The zero-order valence-electron chi connectivity index (χ0n) is 16.8. The summed E-state index contributed by atoms with van der Waals surface area (Å²) in [6.07, 6.45) is 3.65. The number of nitrogens with zero attached hydrogens (tertiary/aromatic N) is 1. The number of amides is 2. The third-order valence-electron chi connectivity index (χ3n) is 4.53. The number of carbonyl (C=O) groups is 2. The van der Waals surface area contributed by atoms with Crippen LogP contribution in [-0.2, 0) is 9.53 Å². The van der Waals surface area contributed by atoms with Crippen LogP contribution in [0, 0.1) is 0 Å². The largest absolute Gasteiger partial charge is 0.497 e. The highest BCUT2D eigenvalue weighted by atomic mass is 16.5. The van der Waals surface area contributed by atoms with Crippen LogP contribution in [0.3, 0.4) is 0 Å². The molecule has 30 heavy (non-hydrogen) atoms. The number of hydrazone groups is 1. The Morgan fingerprint density at radius 1 is 1.13 bits per heavy atom. The van der Waals surface area contributed by atoms with Crippen molar-refractivity contribution in [3.63, 3.8) is 0 Å². The summed E-state index contributed by atoms with van der Waals surface area (Å²) >= 11 is 0. The summed E-state index contributed by atoms with van der Waals surface area (Å²) in [6.45, 7) is 1.22. The monoisotopic (exact) mass is 411 g/mol. The topological polar surface area (TPSA) is 98.3 Å². The Labute approximate surface area is 175 Å². The fourth-order valence-electron chi connectivity index (χ4n) is 2.86. The van der Waals surface area contributed by atoms with Crippen molar-refractivity contribution in [2.24, 2.45) is 5.10 Å². The van der Waals surface area contributed by atoms with E-state index in [1.54, 1.807) is 55.6 Å². The maximum atomic E-state index is 12.0. The van der Waals surface area contributed by atoms with Gasteiger partial charge in [-0.2, -0.15) is 5.10 Å². The van der Waals surface area contributed by atoms with Gasteiger partial charge in [-0.3, -0.25) is 9.59 Å². The van der Waals surface area contributed by atoms with Crippen LogP contribution in [0.1, 0.15) is 28.8 Å². The van der Waals surface area contributed by atoms with Gasteiger partial charge < -0.3 is 19.5 Å². The smallest absolute Gasteiger partial charge is 0.271 e. The summed E-state index contributed by atoms with van der Waals surface area (Å²) in [5.74, 6) is 0.750. The van der Waals surface area contributed by atoms with Gasteiger partial charge in [0.25, 0.3) is 11.8 Å². The van der Waals surface area contributed by atoms with Gasteiger partial charge in [0.15, 0.2) is 6.61 Å². The number of rotatable bonds is 9. The maximum Gasteiger partial charge on any atom is 0.271 e. The minimum Gasteiger partial charge on any atom is -0.497 e. The fraction of sp³-hybridized carbons (Fsp3) is 0.318. The molecule has 0 radical (unpaired) electrons. The van der Waals surface area contributed by atoms with Crippen LogP contribution in [0.4, 0.5) is 0 Å². The minimum absolute atomic E-state index is 0.0575. The lowest BCUT2D eigenvalue weighted by atomic mass is 10.2. The van der Waals surface area contributed by atoms with Crippen molar-refractivity contribution in [2.75, 3.05) is 26.9 Å². The molecule has 1 atom stereocenters. The van der Waals surface area contributed by atoms with E-state index in [1.165, 1.54) is 6.21 Å². The average molecular weight is 411 g/mol. The molecule has 1 heterocycles. The number of hydrogen-bond acceptors (Lipinski definition) is 6. The molecule has 8 nitrogen and oxygen atoms in total. The summed E-state index contributed by atoms with van der Waals surface area (Å²) in [5.41, 5.74) is 3.73. The second-order valence-electron chi connectivity index (χ2n) is 6.72. The molecule has 2 aromatic rings. The molecular formula is C22H25N3O5. The number of ether oxygens (including phenoxy) is 3. The number of benzene rings is 2. The Kier molecular flexibility index (Phi) is 7.79. The van der Waals surface area contributed by atoms with Crippen molar-refractivity contribution in [3.8, 4) is 11.5 Å². The molecule has 2 N–H and O–H groups in total. The molecule has 1 saturated heterocycles. The van der Waals surface area contributed by atoms with E-state index in [1.807, 2.05) is 0 Å². The highest BCUT2D eigenvalue weighted by Crippen LogP contribution is 2.13. The highest BCUT2D eigenvalue weighted by molar-refractivity contribution is 5.95. The third kappa shape index (κ3) is 6.59. The SMILES string of the molecule is COc1ccc(C(=O)N/N=C/c2ccc(OCC(=O)NC[C@H]3CCCO3)cc2)cc1. The fourth-order valence-corrected chi connectivity index (χ4v) is 2.86. The number of carbonyl (C=O) groups excluding carboxylic acids is 2. The molecule has 0 unspecified atom stereocenters. The molecule has 158 valence electrons. The van der Waals surface area contributed by atoms with Crippen molar-refractivity contribution in [2.45, 2.75) is 18.9 Å². The Balaban J connectivity index is 1.39. The molecule has 0 aliphatic carbocycles. The molecule has 0 bridgehead atoms. The predicted molar refractivity (Wildman–Crippen MR) is 112 cm³/mol. The zero-order chi connectivity index (χ0) is 21.2. The first kappa shape index (κ1) is 21.3. The summed E-state index contributed by atoms with van der Waals surface area (Å²) in [7, 11) is 1.57. The van der Waals surface area contributed by atoms with Crippen LogP contribution >= 0.6 is 0 Å². The second-order valence-corrected chi connectivity index (χ2v) is 6.72. The lowest BCUT2D eigenvalue weighted by molar-refractivity contribution is -0.123. The van der Waals surface area contributed by atoms with Crippen LogP contribution < -0.4 is 20.2 Å². The summed E-state index contributed by atoms with van der Waals surface area (Å²) < 4.78 is 16.0. The van der Waals surface area contributed by atoms with E-state index < -0.39 is 0 Å². The van der Waals surface area contributed by atoms with Gasteiger partial charge in [-0.15, -0.1) is 0 Å². The van der Waals surface area contributed by atoms with E-state index >= 15 is 0 Å². The van der Waals surface area contributed by atoms with Gasteiger partial charge in [-0.05, 0) is 66.9 Å². The van der Waals surface area contributed by atoms with Crippen molar-refractivity contribution >= 4 is 18.0 Å². The molecule has 3 rings (SSSR count). The molecule has 2 amide bonds. The molecule has 2 aromatic carbocycles. The van der Waals surface area contributed by atoms with Crippen LogP contribution in [0.2, 0.25) is 0 Å². The van der Waals surface area contributed by atoms with E-state index in [0.29, 0.717) is 23.6 Å². The van der Waals surface area contributed by atoms with Gasteiger partial charge in [0, 0.05) is 18.7 Å². The summed E-state index contributed by atoms with van der Waals surface area (Å²) in [4.78, 5) is 23.9. The molecule has 1 fully saturated rings. The van der Waals surface area contributed by atoms with Gasteiger partial charge >= 0.3 is 0 Å². The van der Waals surface area contributed by atoms with E-state index in [9.17, 15) is 9.59 Å². The minimum atomic E-state index is -0.317. The summed E-state index contributed by atoms with van der Waals surface area (Å²) in [6, 6.07) is 13.8. The van der Waals surface area contributed by atoms with Crippen LogP contribution in [0.15, 0.2) is 53.6 Å². The van der Waals surface area contributed by atoms with E-state index in [-0.39, 0.29) is 24.5 Å². The van der Waals surface area contributed by atoms with Gasteiger partial charge in [-0.25, -0.2) is 5.43 Å². The standard InChI is InChI=1S/C22H25N3O5/c1-28-18-10-6-17(7-11-18)22(27)25-24-13-16-4-8-19(9-5-16)30-15-21(26)23-14-20-3-2-12-29-20/h4-11,13,20H,2-3,12,14-15H2,1H3,(H,23,26)(H,25,27)/b24-13+/t20-/m1/s1. The van der Waals surface area contributed by atoms with Gasteiger partial charge in [0.05, 0.1) is 19.4 Å². The molecule has 1 aliphatic rings. The van der Waals surface area contributed by atoms with Gasteiger partial charge in [0.1, 0.15) is 11.5 Å². The van der Waals surface area contributed by atoms with Gasteiger partial charge in [0.2, 0.25) is 0 Å². The first-order valence-corrected chi connectivity index (χ1v) is 9.72. The first-order chi connectivity index (χ1) is 14.6. The molecule has 0 spiro atoms. The van der Waals surface area contributed by atoms with Crippen molar-refractivity contribution in [1.82, 2.24) is 10.7 Å². The Morgan fingerprint density at radius 2 is 1.87 bits per heavy atom. The zero-order valence-corrected chi connectivity index (χ0v) is 16.8. The van der Waals surface area contributed by atoms with Crippen LogP contribution in [0.25, 0.3) is 0 Å². The summed E-state index contributed by atoms with van der Waals surface area (Å²) in [5, 5.41) is 6.76. The third-order valence-corrected chi connectivity index (χ3v) is 4.53.